The monoisotopic (exact) mass is 217 g/mol. The Morgan fingerprint density at radius 2 is 2.19 bits per heavy atom. The van der Waals surface area contributed by atoms with Gasteiger partial charge in [0.2, 0.25) is 5.88 Å². The van der Waals surface area contributed by atoms with Gasteiger partial charge >= 0.3 is 6.09 Å². The van der Waals surface area contributed by atoms with Crippen LogP contribution in [0.4, 0.5) is 10.5 Å². The van der Waals surface area contributed by atoms with Gasteiger partial charge < -0.3 is 15.8 Å². The summed E-state index contributed by atoms with van der Waals surface area (Å²) in [7, 11) is 1.49. The molecular weight excluding hydrogens is 206 g/mol. The number of fused-ring (bicyclic) bond motifs is 1. The first-order valence-corrected chi connectivity index (χ1v) is 4.75. The van der Waals surface area contributed by atoms with E-state index in [1.807, 2.05) is 6.07 Å². The first-order valence-electron chi connectivity index (χ1n) is 4.75. The molecular formula is C11H11N3O2. The zero-order valence-electron chi connectivity index (χ0n) is 8.73. The summed E-state index contributed by atoms with van der Waals surface area (Å²) in [6.45, 7) is 0. The van der Waals surface area contributed by atoms with Crippen molar-refractivity contribution in [2.45, 2.75) is 0 Å². The van der Waals surface area contributed by atoms with E-state index in [2.05, 4.69) is 10.3 Å². The summed E-state index contributed by atoms with van der Waals surface area (Å²) >= 11 is 0. The second kappa shape index (κ2) is 4.06. The summed E-state index contributed by atoms with van der Waals surface area (Å²) in [4.78, 5) is 15.1. The van der Waals surface area contributed by atoms with E-state index in [-0.39, 0.29) is 5.88 Å². The summed E-state index contributed by atoms with van der Waals surface area (Å²) in [6, 6.07) is 8.78. The molecule has 0 unspecified atom stereocenters. The zero-order chi connectivity index (χ0) is 11.5. The van der Waals surface area contributed by atoms with Crippen molar-refractivity contribution in [3.8, 4) is 5.88 Å². The van der Waals surface area contributed by atoms with Gasteiger partial charge in [-0.25, -0.2) is 9.78 Å². The van der Waals surface area contributed by atoms with Crippen molar-refractivity contribution in [2.75, 3.05) is 12.8 Å². The fourth-order valence-corrected chi connectivity index (χ4v) is 1.36. The van der Waals surface area contributed by atoms with Crippen LogP contribution in [0.15, 0.2) is 30.3 Å². The highest BCUT2D eigenvalue weighted by Crippen LogP contribution is 2.21. The third-order valence-electron chi connectivity index (χ3n) is 2.14. The molecule has 0 fully saturated rings. The number of nitrogen functional groups attached to an aromatic ring is 1. The molecule has 1 aromatic heterocycles. The van der Waals surface area contributed by atoms with Crippen molar-refractivity contribution < 1.29 is 9.53 Å². The van der Waals surface area contributed by atoms with Gasteiger partial charge in [0.1, 0.15) is 0 Å². The van der Waals surface area contributed by atoms with Crippen LogP contribution in [0.1, 0.15) is 0 Å². The molecule has 3 N–H and O–H groups in total. The number of nitrogens with zero attached hydrogens (tertiary/aromatic N) is 1. The summed E-state index contributed by atoms with van der Waals surface area (Å²) in [6.07, 6.45) is -0.546. The van der Waals surface area contributed by atoms with Crippen LogP contribution in [0.2, 0.25) is 0 Å². The van der Waals surface area contributed by atoms with Gasteiger partial charge in [0, 0.05) is 24.2 Å². The van der Waals surface area contributed by atoms with Crippen LogP contribution in [0.5, 0.6) is 5.88 Å². The van der Waals surface area contributed by atoms with Crippen molar-refractivity contribution in [1.29, 1.82) is 0 Å². The van der Waals surface area contributed by atoms with Crippen LogP contribution in [0.25, 0.3) is 10.9 Å². The summed E-state index contributed by atoms with van der Waals surface area (Å²) in [5.41, 5.74) is 7.12. The molecule has 0 aliphatic rings. The number of carbonyl (C=O) groups is 1. The van der Waals surface area contributed by atoms with Gasteiger partial charge in [-0.05, 0) is 18.2 Å². The minimum Gasteiger partial charge on any atom is -0.398 e. The standard InChI is InChI=1S/C11H11N3O2/c1-13-11(15)16-10-6-5-7-8(12)3-2-4-9(7)14-10/h2-6H,12H2,1H3,(H,13,15). The number of anilines is 1. The van der Waals surface area contributed by atoms with Gasteiger partial charge in [-0.1, -0.05) is 6.07 Å². The van der Waals surface area contributed by atoms with Crippen LogP contribution in [0.3, 0.4) is 0 Å². The zero-order valence-corrected chi connectivity index (χ0v) is 8.73. The highest BCUT2D eigenvalue weighted by Gasteiger charge is 2.04. The Morgan fingerprint density at radius 3 is 2.94 bits per heavy atom. The Bertz CT molecular complexity index is 540. The number of hydrogen-bond donors (Lipinski definition) is 2. The number of benzene rings is 1. The van der Waals surface area contributed by atoms with E-state index in [0.29, 0.717) is 11.2 Å². The van der Waals surface area contributed by atoms with E-state index in [9.17, 15) is 4.79 Å². The highest BCUT2D eigenvalue weighted by atomic mass is 16.6. The molecule has 16 heavy (non-hydrogen) atoms. The van der Waals surface area contributed by atoms with Crippen LogP contribution in [-0.4, -0.2) is 18.1 Å². The largest absolute Gasteiger partial charge is 0.413 e. The maximum Gasteiger partial charge on any atom is 0.413 e. The van der Waals surface area contributed by atoms with Crippen LogP contribution >= 0.6 is 0 Å². The van der Waals surface area contributed by atoms with Crippen LogP contribution < -0.4 is 15.8 Å². The number of amides is 1. The van der Waals surface area contributed by atoms with E-state index >= 15 is 0 Å². The lowest BCUT2D eigenvalue weighted by Gasteiger charge is -2.04. The summed E-state index contributed by atoms with van der Waals surface area (Å²) in [5, 5.41) is 3.19. The molecule has 5 nitrogen and oxygen atoms in total. The van der Waals surface area contributed by atoms with Crippen molar-refractivity contribution in [3.63, 3.8) is 0 Å². The first kappa shape index (κ1) is 10.2. The third-order valence-corrected chi connectivity index (χ3v) is 2.14. The number of aromatic nitrogens is 1. The molecule has 1 heterocycles. The summed E-state index contributed by atoms with van der Waals surface area (Å²) < 4.78 is 4.91. The maximum absolute atomic E-state index is 11.0. The number of hydrogen-bond acceptors (Lipinski definition) is 4. The molecule has 0 spiro atoms. The fraction of sp³-hybridized carbons (Fsp3) is 0.0909. The molecule has 1 aromatic carbocycles. The molecule has 5 heteroatoms. The molecule has 0 saturated heterocycles. The van der Waals surface area contributed by atoms with E-state index in [1.165, 1.54) is 7.05 Å². The van der Waals surface area contributed by atoms with Crippen molar-refractivity contribution in [3.05, 3.63) is 30.3 Å². The molecule has 2 aromatic rings. The molecule has 0 bridgehead atoms. The minimum atomic E-state index is -0.546. The van der Waals surface area contributed by atoms with Crippen LogP contribution in [-0.2, 0) is 0 Å². The third kappa shape index (κ3) is 1.88. The Labute approximate surface area is 92.2 Å². The highest BCUT2D eigenvalue weighted by molar-refractivity contribution is 5.90. The number of pyridine rings is 1. The predicted molar refractivity (Wildman–Crippen MR) is 61.2 cm³/mol. The molecule has 2 rings (SSSR count). The molecule has 1 amide bonds. The number of nitrogens with one attached hydrogen (secondary N) is 1. The summed E-state index contributed by atoms with van der Waals surface area (Å²) in [5.74, 6) is 0.248. The predicted octanol–water partition coefficient (Wildman–Crippen LogP) is 1.54. The second-order valence-corrected chi connectivity index (χ2v) is 3.20. The smallest absolute Gasteiger partial charge is 0.398 e. The fourth-order valence-electron chi connectivity index (χ4n) is 1.36. The van der Waals surface area contributed by atoms with Gasteiger partial charge in [0.15, 0.2) is 0 Å². The van der Waals surface area contributed by atoms with E-state index < -0.39 is 6.09 Å². The van der Waals surface area contributed by atoms with Crippen LogP contribution in [0, 0.1) is 0 Å². The lowest BCUT2D eigenvalue weighted by Crippen LogP contribution is -2.22. The average molecular weight is 217 g/mol. The molecule has 0 aliphatic carbocycles. The van der Waals surface area contributed by atoms with Gasteiger partial charge in [0.25, 0.3) is 0 Å². The maximum atomic E-state index is 11.0. The molecule has 0 aliphatic heterocycles. The molecule has 0 saturated carbocycles. The number of rotatable bonds is 1. The second-order valence-electron chi connectivity index (χ2n) is 3.20. The lowest BCUT2D eigenvalue weighted by atomic mass is 10.2. The SMILES string of the molecule is CNC(=O)Oc1ccc2c(N)cccc2n1. The van der Waals surface area contributed by atoms with Gasteiger partial charge in [-0.3, -0.25) is 0 Å². The Balaban J connectivity index is 2.41. The van der Waals surface area contributed by atoms with Crippen molar-refractivity contribution in [2.24, 2.45) is 0 Å². The topological polar surface area (TPSA) is 77.2 Å². The van der Waals surface area contributed by atoms with E-state index in [1.54, 1.807) is 24.3 Å². The number of carbonyl (C=O) groups excluding carboxylic acids is 1. The van der Waals surface area contributed by atoms with E-state index in [0.717, 1.165) is 5.39 Å². The molecule has 82 valence electrons. The minimum absolute atomic E-state index is 0.248. The van der Waals surface area contributed by atoms with Gasteiger partial charge in [0.05, 0.1) is 5.52 Å². The normalized spacial score (nSPS) is 10.1. The Morgan fingerprint density at radius 1 is 1.38 bits per heavy atom. The number of ether oxygens (including phenoxy) is 1. The van der Waals surface area contributed by atoms with Gasteiger partial charge in [-0.15, -0.1) is 0 Å². The first-order chi connectivity index (χ1) is 7.70. The Kier molecular flexibility index (Phi) is 2.59. The van der Waals surface area contributed by atoms with Crippen molar-refractivity contribution >= 4 is 22.7 Å². The van der Waals surface area contributed by atoms with Crippen molar-refractivity contribution in [1.82, 2.24) is 10.3 Å². The number of nitrogens with two attached hydrogens (primary N) is 1. The van der Waals surface area contributed by atoms with Gasteiger partial charge in [-0.2, -0.15) is 0 Å². The molecule has 0 atom stereocenters. The average Bonchev–Trinajstić information content (AvgIpc) is 2.29. The quantitative estimate of drug-likeness (QED) is 0.710. The lowest BCUT2D eigenvalue weighted by molar-refractivity contribution is 0.201. The molecule has 0 radical (unpaired) electrons. The Hall–Kier alpha value is -2.30. The van der Waals surface area contributed by atoms with E-state index in [4.69, 9.17) is 10.5 Å².